The minimum Gasteiger partial charge on any atom is -0.369 e. The Morgan fingerprint density at radius 1 is 0.964 bits per heavy atom. The molecule has 1 aromatic carbocycles. The minimum atomic E-state index is -5.98. The lowest BCUT2D eigenvalue weighted by Crippen LogP contribution is -2.54. The van der Waals surface area contributed by atoms with Crippen molar-refractivity contribution in [1.82, 2.24) is 5.32 Å². The summed E-state index contributed by atoms with van der Waals surface area (Å²) < 4.78 is 79.9. The average molecular weight is 414 g/mol. The molecule has 1 rings (SSSR count). The van der Waals surface area contributed by atoms with Crippen molar-refractivity contribution in [2.24, 2.45) is 0 Å². The highest BCUT2D eigenvalue weighted by Gasteiger charge is 2.71. The van der Waals surface area contributed by atoms with Crippen molar-refractivity contribution in [3.63, 3.8) is 0 Å². The minimum absolute atomic E-state index is 0.0550. The van der Waals surface area contributed by atoms with Gasteiger partial charge in [-0.3, -0.25) is 0 Å². The van der Waals surface area contributed by atoms with Gasteiger partial charge in [0.1, 0.15) is 0 Å². The fourth-order valence-corrected chi connectivity index (χ4v) is 2.76. The molecule has 0 spiro atoms. The number of amides is 2. The van der Waals surface area contributed by atoms with E-state index in [2.05, 4.69) is 10.6 Å². The van der Waals surface area contributed by atoms with Crippen molar-refractivity contribution in [1.29, 1.82) is 0 Å². The Bertz CT molecular complexity index is 668. The van der Waals surface area contributed by atoms with Crippen molar-refractivity contribution in [2.75, 3.05) is 11.9 Å². The number of carbonyl (C=O) groups is 1. The van der Waals surface area contributed by atoms with Gasteiger partial charge < -0.3 is 15.7 Å². The Balaban J connectivity index is 3.84. The van der Waals surface area contributed by atoms with Gasteiger partial charge >= 0.3 is 18.4 Å². The second-order valence-electron chi connectivity index (χ2n) is 7.03. The van der Waals surface area contributed by atoms with Crippen LogP contribution in [0.3, 0.4) is 0 Å². The zero-order valence-corrected chi connectivity index (χ0v) is 16.1. The topological polar surface area (TPSA) is 61.4 Å². The molecule has 28 heavy (non-hydrogen) atoms. The van der Waals surface area contributed by atoms with Gasteiger partial charge in [0.2, 0.25) is 0 Å². The lowest BCUT2D eigenvalue weighted by atomic mass is 9.83. The van der Waals surface area contributed by atoms with Crippen LogP contribution < -0.4 is 10.6 Å². The van der Waals surface area contributed by atoms with E-state index in [1.807, 2.05) is 0 Å². The molecule has 0 bridgehead atoms. The quantitative estimate of drug-likeness (QED) is 0.566. The Morgan fingerprint density at radius 2 is 1.36 bits per heavy atom. The molecular formula is C18H24F6N2O2. The van der Waals surface area contributed by atoms with Crippen LogP contribution in [0.25, 0.3) is 0 Å². The highest BCUT2D eigenvalue weighted by Crippen LogP contribution is 2.51. The predicted molar refractivity (Wildman–Crippen MR) is 93.3 cm³/mol. The SMILES string of the molecule is CCNC(=O)Nc1c(C(C)C)cc(C(O)(C(F)(F)F)C(F)(F)F)cc1C(C)C. The summed E-state index contributed by atoms with van der Waals surface area (Å²) in [6.45, 7) is 8.18. The standard InChI is InChI=1S/C18H24F6N2O2/c1-6-25-15(27)26-14-12(9(2)3)7-11(8-13(14)10(4)5)16(28,17(19,20)21)18(22,23)24/h7-10,28H,6H2,1-5H3,(H2,25,26,27). The van der Waals surface area contributed by atoms with Gasteiger partial charge in [-0.2, -0.15) is 26.3 Å². The van der Waals surface area contributed by atoms with Crippen molar-refractivity contribution < 1.29 is 36.2 Å². The fraction of sp³-hybridized carbons (Fsp3) is 0.611. The van der Waals surface area contributed by atoms with Crippen LogP contribution in [0.1, 0.15) is 63.1 Å². The second kappa shape index (κ2) is 8.18. The molecule has 10 heteroatoms. The van der Waals surface area contributed by atoms with Crippen LogP contribution in [0.15, 0.2) is 12.1 Å². The maximum atomic E-state index is 13.3. The third-order valence-corrected chi connectivity index (χ3v) is 4.26. The molecule has 4 nitrogen and oxygen atoms in total. The number of anilines is 1. The van der Waals surface area contributed by atoms with E-state index in [0.29, 0.717) is 12.1 Å². The highest BCUT2D eigenvalue weighted by molar-refractivity contribution is 5.91. The normalized spacial score (nSPS) is 13.2. The number of nitrogens with one attached hydrogen (secondary N) is 2. The number of carbonyl (C=O) groups excluding carboxylic acids is 1. The van der Waals surface area contributed by atoms with Crippen LogP contribution in [0.2, 0.25) is 0 Å². The van der Waals surface area contributed by atoms with Crippen LogP contribution in [0.4, 0.5) is 36.8 Å². The van der Waals surface area contributed by atoms with E-state index >= 15 is 0 Å². The van der Waals surface area contributed by atoms with E-state index in [0.717, 1.165) is 0 Å². The van der Waals surface area contributed by atoms with Gasteiger partial charge in [0.05, 0.1) is 0 Å². The molecule has 0 fully saturated rings. The molecule has 3 N–H and O–H groups in total. The van der Waals surface area contributed by atoms with Gasteiger partial charge in [-0.1, -0.05) is 27.7 Å². The lowest BCUT2D eigenvalue weighted by molar-refractivity contribution is -0.376. The highest BCUT2D eigenvalue weighted by atomic mass is 19.4. The number of halogens is 6. The summed E-state index contributed by atoms with van der Waals surface area (Å²) >= 11 is 0. The van der Waals surface area contributed by atoms with Crippen LogP contribution in [0.5, 0.6) is 0 Å². The fourth-order valence-electron chi connectivity index (χ4n) is 2.76. The molecule has 0 aliphatic rings. The van der Waals surface area contributed by atoms with E-state index in [9.17, 15) is 36.2 Å². The summed E-state index contributed by atoms with van der Waals surface area (Å²) in [5.74, 6) is -1.06. The number of hydrogen-bond acceptors (Lipinski definition) is 2. The van der Waals surface area contributed by atoms with E-state index in [4.69, 9.17) is 0 Å². The Labute approximate surface area is 159 Å². The number of rotatable bonds is 5. The lowest BCUT2D eigenvalue weighted by Gasteiger charge is -2.34. The van der Waals surface area contributed by atoms with E-state index in [1.54, 1.807) is 34.6 Å². The molecule has 0 aromatic heterocycles. The maximum Gasteiger partial charge on any atom is 0.430 e. The predicted octanol–water partition coefficient (Wildman–Crippen LogP) is 5.39. The van der Waals surface area contributed by atoms with Crippen molar-refractivity contribution in [3.8, 4) is 0 Å². The zero-order valence-electron chi connectivity index (χ0n) is 16.1. The Kier molecular flexibility index (Phi) is 7.03. The largest absolute Gasteiger partial charge is 0.430 e. The molecule has 1 aromatic rings. The first kappa shape index (κ1) is 24.1. The van der Waals surface area contributed by atoms with Gasteiger partial charge in [0.15, 0.2) is 0 Å². The molecule has 0 aliphatic carbocycles. The number of hydrogen-bond donors (Lipinski definition) is 3. The summed E-state index contributed by atoms with van der Waals surface area (Å²) in [4.78, 5) is 11.9. The van der Waals surface area contributed by atoms with Crippen molar-refractivity contribution >= 4 is 11.7 Å². The number of benzene rings is 1. The maximum absolute atomic E-state index is 13.3. The second-order valence-corrected chi connectivity index (χ2v) is 7.03. The third kappa shape index (κ3) is 4.53. The smallest absolute Gasteiger partial charge is 0.369 e. The molecule has 0 unspecified atom stereocenters. The van der Waals surface area contributed by atoms with E-state index < -0.39 is 41.4 Å². The molecule has 0 radical (unpaired) electrons. The van der Waals surface area contributed by atoms with Crippen LogP contribution in [-0.2, 0) is 5.60 Å². The summed E-state index contributed by atoms with van der Waals surface area (Å²) in [5, 5.41) is 14.7. The first-order chi connectivity index (χ1) is 12.6. The molecule has 0 heterocycles. The Hall–Kier alpha value is -1.97. The zero-order chi connectivity index (χ0) is 22.1. The first-order valence-electron chi connectivity index (χ1n) is 8.66. The molecule has 2 amide bonds. The van der Waals surface area contributed by atoms with Crippen molar-refractivity contribution in [3.05, 3.63) is 28.8 Å². The van der Waals surface area contributed by atoms with Crippen LogP contribution in [-0.4, -0.2) is 30.0 Å². The molecule has 0 saturated carbocycles. The monoisotopic (exact) mass is 414 g/mol. The summed E-state index contributed by atoms with van der Waals surface area (Å²) in [6, 6.07) is 0.666. The van der Waals surface area contributed by atoms with Gasteiger partial charge in [-0.15, -0.1) is 0 Å². The van der Waals surface area contributed by atoms with E-state index in [-0.39, 0.29) is 23.4 Å². The molecule has 0 saturated heterocycles. The van der Waals surface area contributed by atoms with Crippen LogP contribution in [0, 0.1) is 0 Å². The van der Waals surface area contributed by atoms with Gasteiger partial charge in [0.25, 0.3) is 5.60 Å². The number of urea groups is 1. The van der Waals surface area contributed by atoms with Crippen LogP contribution >= 0.6 is 0 Å². The van der Waals surface area contributed by atoms with Gasteiger partial charge in [-0.25, -0.2) is 4.79 Å². The molecule has 0 aliphatic heterocycles. The summed E-state index contributed by atoms with van der Waals surface area (Å²) in [6.07, 6.45) is -12.0. The third-order valence-electron chi connectivity index (χ3n) is 4.26. The average Bonchev–Trinajstić information content (AvgIpc) is 2.51. The summed E-state index contributed by atoms with van der Waals surface area (Å²) in [7, 11) is 0. The van der Waals surface area contributed by atoms with Gasteiger partial charge in [0, 0.05) is 17.8 Å². The molecule has 0 atom stereocenters. The molecular weight excluding hydrogens is 390 g/mol. The van der Waals surface area contributed by atoms with E-state index in [1.165, 1.54) is 0 Å². The number of aliphatic hydroxyl groups is 1. The molecule has 160 valence electrons. The Morgan fingerprint density at radius 3 is 1.64 bits per heavy atom. The number of alkyl halides is 6. The van der Waals surface area contributed by atoms with Gasteiger partial charge in [-0.05, 0) is 42.0 Å². The summed E-state index contributed by atoms with van der Waals surface area (Å²) in [5.41, 5.74) is -6.12. The first-order valence-corrected chi connectivity index (χ1v) is 8.66. The van der Waals surface area contributed by atoms with Crippen molar-refractivity contribution in [2.45, 2.75) is 64.4 Å².